The van der Waals surface area contributed by atoms with Crippen molar-refractivity contribution in [3.63, 3.8) is 0 Å². The first-order chi connectivity index (χ1) is 9.17. The van der Waals surface area contributed by atoms with Crippen molar-refractivity contribution in [1.29, 1.82) is 0 Å². The van der Waals surface area contributed by atoms with E-state index >= 15 is 0 Å². The molecule has 19 heavy (non-hydrogen) atoms. The molecule has 0 aromatic heterocycles. The monoisotopic (exact) mass is 262 g/mol. The van der Waals surface area contributed by atoms with Gasteiger partial charge in [-0.3, -0.25) is 9.59 Å². The van der Waals surface area contributed by atoms with Gasteiger partial charge in [-0.05, 0) is 18.4 Å². The predicted octanol–water partition coefficient (Wildman–Crippen LogP) is 3.56. The van der Waals surface area contributed by atoms with Gasteiger partial charge in [-0.15, -0.1) is 0 Å². The van der Waals surface area contributed by atoms with Crippen molar-refractivity contribution >= 4 is 11.8 Å². The first-order valence-corrected chi connectivity index (χ1v) is 6.95. The van der Waals surface area contributed by atoms with E-state index in [0.29, 0.717) is 12.2 Å². The third-order valence-corrected chi connectivity index (χ3v) is 3.00. The molecule has 0 atom stereocenters. The zero-order valence-corrected chi connectivity index (χ0v) is 11.8. The van der Waals surface area contributed by atoms with Crippen LogP contribution in [0.5, 0.6) is 0 Å². The lowest BCUT2D eigenvalue weighted by molar-refractivity contribution is -0.143. The molecule has 1 aromatic rings. The maximum atomic E-state index is 11.9. The van der Waals surface area contributed by atoms with Crippen LogP contribution in [0, 0.1) is 0 Å². The van der Waals surface area contributed by atoms with Gasteiger partial charge in [-0.2, -0.15) is 0 Å². The highest BCUT2D eigenvalue weighted by Gasteiger charge is 2.10. The fraction of sp³-hybridized carbons (Fsp3) is 0.500. The lowest BCUT2D eigenvalue weighted by Gasteiger charge is -2.04. The lowest BCUT2D eigenvalue weighted by Crippen LogP contribution is -2.09. The molecule has 0 radical (unpaired) electrons. The van der Waals surface area contributed by atoms with E-state index in [1.54, 1.807) is 0 Å². The second-order valence-corrected chi connectivity index (χ2v) is 4.55. The van der Waals surface area contributed by atoms with Gasteiger partial charge in [0.2, 0.25) is 0 Å². The SMILES string of the molecule is CCCCOC(=O)CCC(=O)c1ccc(CC)cc1. The van der Waals surface area contributed by atoms with Gasteiger partial charge in [0.1, 0.15) is 0 Å². The van der Waals surface area contributed by atoms with Gasteiger partial charge in [-0.25, -0.2) is 0 Å². The molecule has 0 amide bonds. The van der Waals surface area contributed by atoms with E-state index in [2.05, 4.69) is 6.92 Å². The summed E-state index contributed by atoms with van der Waals surface area (Å²) >= 11 is 0. The second-order valence-electron chi connectivity index (χ2n) is 4.55. The molecule has 0 heterocycles. The summed E-state index contributed by atoms with van der Waals surface area (Å²) in [6.07, 6.45) is 3.21. The number of carbonyl (C=O) groups is 2. The fourth-order valence-electron chi connectivity index (χ4n) is 1.69. The number of ether oxygens (including phenoxy) is 1. The number of ketones is 1. The highest BCUT2D eigenvalue weighted by atomic mass is 16.5. The Bertz CT molecular complexity index is 407. The van der Waals surface area contributed by atoms with Crippen molar-refractivity contribution in [2.75, 3.05) is 6.61 Å². The van der Waals surface area contributed by atoms with Crippen molar-refractivity contribution in [1.82, 2.24) is 0 Å². The van der Waals surface area contributed by atoms with Crippen molar-refractivity contribution in [2.24, 2.45) is 0 Å². The van der Waals surface area contributed by atoms with Crippen molar-refractivity contribution in [3.05, 3.63) is 35.4 Å². The summed E-state index contributed by atoms with van der Waals surface area (Å²) in [6, 6.07) is 7.55. The largest absolute Gasteiger partial charge is 0.466 e. The number of hydrogen-bond donors (Lipinski definition) is 0. The Hall–Kier alpha value is -1.64. The topological polar surface area (TPSA) is 43.4 Å². The number of esters is 1. The summed E-state index contributed by atoms with van der Waals surface area (Å²) in [6.45, 7) is 4.56. The number of hydrogen-bond acceptors (Lipinski definition) is 3. The number of Topliss-reactive ketones (excluding diaryl/α,β-unsaturated/α-hetero) is 1. The van der Waals surface area contributed by atoms with Gasteiger partial charge >= 0.3 is 5.97 Å². The Morgan fingerprint density at radius 2 is 1.74 bits per heavy atom. The van der Waals surface area contributed by atoms with Gasteiger partial charge in [0.05, 0.1) is 13.0 Å². The first kappa shape index (κ1) is 15.4. The van der Waals surface area contributed by atoms with E-state index in [1.807, 2.05) is 31.2 Å². The minimum atomic E-state index is -0.285. The van der Waals surface area contributed by atoms with Crippen LogP contribution >= 0.6 is 0 Å². The molecule has 0 bridgehead atoms. The highest BCUT2D eigenvalue weighted by molar-refractivity contribution is 5.97. The fourth-order valence-corrected chi connectivity index (χ4v) is 1.69. The standard InChI is InChI=1S/C16H22O3/c1-3-5-12-19-16(18)11-10-15(17)14-8-6-13(4-2)7-9-14/h6-9H,3-5,10-12H2,1-2H3. The van der Waals surface area contributed by atoms with E-state index in [0.717, 1.165) is 19.3 Å². The molecule has 0 N–H and O–H groups in total. The van der Waals surface area contributed by atoms with Gasteiger partial charge in [0.15, 0.2) is 5.78 Å². The van der Waals surface area contributed by atoms with E-state index in [4.69, 9.17) is 4.74 Å². The maximum absolute atomic E-state index is 11.9. The summed E-state index contributed by atoms with van der Waals surface area (Å²) in [5.41, 5.74) is 1.87. The molecule has 0 spiro atoms. The molecule has 1 rings (SSSR count). The molecule has 0 aliphatic heterocycles. The van der Waals surface area contributed by atoms with Crippen molar-refractivity contribution in [2.45, 2.75) is 46.0 Å². The minimum absolute atomic E-state index is 0.00454. The number of rotatable bonds is 8. The van der Waals surface area contributed by atoms with Gasteiger partial charge < -0.3 is 4.74 Å². The Kier molecular flexibility index (Phi) is 6.86. The second kappa shape index (κ2) is 8.46. The van der Waals surface area contributed by atoms with E-state index in [1.165, 1.54) is 5.56 Å². The molecular weight excluding hydrogens is 240 g/mol. The molecule has 0 saturated carbocycles. The summed E-state index contributed by atoms with van der Waals surface area (Å²) < 4.78 is 5.01. The quantitative estimate of drug-likeness (QED) is 0.409. The molecule has 0 aliphatic carbocycles. The molecular formula is C16H22O3. The number of aryl methyl sites for hydroxylation is 1. The Morgan fingerprint density at radius 1 is 1.05 bits per heavy atom. The zero-order chi connectivity index (χ0) is 14.1. The van der Waals surface area contributed by atoms with Crippen molar-refractivity contribution in [3.8, 4) is 0 Å². The molecule has 3 heteroatoms. The Labute approximate surface area is 115 Å². The molecule has 0 unspecified atom stereocenters. The lowest BCUT2D eigenvalue weighted by atomic mass is 10.0. The molecule has 3 nitrogen and oxygen atoms in total. The van der Waals surface area contributed by atoms with Crippen LogP contribution in [0.4, 0.5) is 0 Å². The zero-order valence-electron chi connectivity index (χ0n) is 11.8. The van der Waals surface area contributed by atoms with E-state index < -0.39 is 0 Å². The van der Waals surface area contributed by atoms with Crippen LogP contribution in [0.2, 0.25) is 0 Å². The normalized spacial score (nSPS) is 10.2. The van der Waals surface area contributed by atoms with Crippen LogP contribution in [-0.4, -0.2) is 18.4 Å². The van der Waals surface area contributed by atoms with E-state index in [-0.39, 0.29) is 24.6 Å². The van der Waals surface area contributed by atoms with Crippen LogP contribution < -0.4 is 0 Å². The Balaban J connectivity index is 2.35. The number of unbranched alkanes of at least 4 members (excludes halogenated alkanes) is 1. The highest BCUT2D eigenvalue weighted by Crippen LogP contribution is 2.09. The third kappa shape index (κ3) is 5.69. The van der Waals surface area contributed by atoms with Gasteiger partial charge in [0, 0.05) is 12.0 Å². The van der Waals surface area contributed by atoms with Crippen molar-refractivity contribution < 1.29 is 14.3 Å². The molecule has 1 aromatic carbocycles. The average Bonchev–Trinajstić information content (AvgIpc) is 2.45. The van der Waals surface area contributed by atoms with Gasteiger partial charge in [0.25, 0.3) is 0 Å². The average molecular weight is 262 g/mol. The molecule has 104 valence electrons. The summed E-state index contributed by atoms with van der Waals surface area (Å²) in [5.74, 6) is -0.290. The number of benzene rings is 1. The van der Waals surface area contributed by atoms with E-state index in [9.17, 15) is 9.59 Å². The summed E-state index contributed by atoms with van der Waals surface area (Å²) in [4.78, 5) is 23.3. The molecule has 0 saturated heterocycles. The first-order valence-electron chi connectivity index (χ1n) is 6.95. The molecule has 0 fully saturated rings. The molecule has 0 aliphatic rings. The van der Waals surface area contributed by atoms with Crippen LogP contribution in [0.15, 0.2) is 24.3 Å². The summed E-state index contributed by atoms with van der Waals surface area (Å²) in [7, 11) is 0. The Morgan fingerprint density at radius 3 is 2.32 bits per heavy atom. The van der Waals surface area contributed by atoms with Crippen LogP contribution in [0.25, 0.3) is 0 Å². The maximum Gasteiger partial charge on any atom is 0.306 e. The smallest absolute Gasteiger partial charge is 0.306 e. The minimum Gasteiger partial charge on any atom is -0.466 e. The van der Waals surface area contributed by atoms with Crippen LogP contribution in [-0.2, 0) is 16.0 Å². The number of carbonyl (C=O) groups excluding carboxylic acids is 2. The summed E-state index contributed by atoms with van der Waals surface area (Å²) in [5, 5.41) is 0. The third-order valence-electron chi connectivity index (χ3n) is 3.00. The van der Waals surface area contributed by atoms with Crippen LogP contribution in [0.1, 0.15) is 55.5 Å². The van der Waals surface area contributed by atoms with Crippen LogP contribution in [0.3, 0.4) is 0 Å². The van der Waals surface area contributed by atoms with Gasteiger partial charge in [-0.1, -0.05) is 44.5 Å². The predicted molar refractivity (Wildman–Crippen MR) is 75.3 cm³/mol.